The summed E-state index contributed by atoms with van der Waals surface area (Å²) in [5, 5.41) is 0. The van der Waals surface area contributed by atoms with Gasteiger partial charge in [-0.2, -0.15) is 21.6 Å². The van der Waals surface area contributed by atoms with Crippen LogP contribution in [-0.4, -0.2) is 27.7 Å². The molecule has 2 rings (SSSR count). The Labute approximate surface area is 165 Å². The minimum Gasteiger partial charge on any atom is -0.457 e. The first-order chi connectivity index (χ1) is 13.3. The molecule has 0 saturated carbocycles. The molecule has 0 spiro atoms. The summed E-state index contributed by atoms with van der Waals surface area (Å²) in [6, 6.07) is 10.6. The van der Waals surface area contributed by atoms with Crippen molar-refractivity contribution < 1.29 is 45.2 Å². The maximum absolute atomic E-state index is 12.8. The van der Waals surface area contributed by atoms with Crippen LogP contribution in [0.1, 0.15) is 24.0 Å². The molecule has 1 unspecified atom stereocenters. The largest absolute Gasteiger partial charge is 0.457 e. The predicted molar refractivity (Wildman–Crippen MR) is 98.3 cm³/mol. The van der Waals surface area contributed by atoms with Gasteiger partial charge in [-0.15, -0.1) is 0 Å². The molecule has 3 N–H and O–H groups in total. The molecular formula is C17H18F3O7PS. The molecule has 0 aliphatic carbocycles. The van der Waals surface area contributed by atoms with Crippen molar-refractivity contribution >= 4 is 17.7 Å². The molecule has 0 aromatic heterocycles. The van der Waals surface area contributed by atoms with Crippen LogP contribution >= 0.6 is 7.60 Å². The van der Waals surface area contributed by atoms with E-state index >= 15 is 0 Å². The molecule has 0 fully saturated rings. The third-order valence-corrected chi connectivity index (χ3v) is 7.49. The lowest BCUT2D eigenvalue weighted by Crippen LogP contribution is -2.20. The highest BCUT2D eigenvalue weighted by Gasteiger charge is 2.39. The van der Waals surface area contributed by atoms with Gasteiger partial charge in [0.25, 0.3) is 10.1 Å². The Kier molecular flexibility index (Phi) is 7.13. The predicted octanol–water partition coefficient (Wildman–Crippen LogP) is 4.21. The van der Waals surface area contributed by atoms with Gasteiger partial charge in [0.15, 0.2) is 4.99 Å². The van der Waals surface area contributed by atoms with Crippen LogP contribution in [0.5, 0.6) is 11.5 Å². The Hall–Kier alpha value is -1.91. The molecular weight excluding hydrogens is 436 g/mol. The molecule has 0 amide bonds. The average molecular weight is 454 g/mol. The third kappa shape index (κ3) is 7.13. The summed E-state index contributed by atoms with van der Waals surface area (Å²) in [7, 11) is -9.97. The molecule has 0 saturated heterocycles. The first kappa shape index (κ1) is 23.4. The van der Waals surface area contributed by atoms with Crippen molar-refractivity contribution in [3.05, 3.63) is 59.7 Å². The van der Waals surface area contributed by atoms with Gasteiger partial charge in [0.1, 0.15) is 11.5 Å². The monoisotopic (exact) mass is 454 g/mol. The fourth-order valence-electron chi connectivity index (χ4n) is 2.61. The van der Waals surface area contributed by atoms with Crippen LogP contribution in [0.25, 0.3) is 0 Å². The molecule has 0 aliphatic heterocycles. The second-order valence-electron chi connectivity index (χ2n) is 6.23. The number of halogens is 3. The Morgan fingerprint density at radius 2 is 1.62 bits per heavy atom. The fraction of sp³-hybridized carbons (Fsp3) is 0.294. The molecule has 0 aliphatic rings. The summed E-state index contributed by atoms with van der Waals surface area (Å²) >= 11 is 0. The summed E-state index contributed by atoms with van der Waals surface area (Å²) in [5.74, 6) is 0.216. The molecule has 2 aromatic rings. The average Bonchev–Trinajstić information content (AvgIpc) is 2.56. The van der Waals surface area contributed by atoms with E-state index in [-0.39, 0.29) is 24.3 Å². The highest BCUT2D eigenvalue weighted by molar-refractivity contribution is 7.93. The van der Waals surface area contributed by atoms with Gasteiger partial charge in [0.05, 0.1) is 5.56 Å². The van der Waals surface area contributed by atoms with Gasteiger partial charge < -0.3 is 14.5 Å². The number of ether oxygens (including phenoxy) is 1. The quantitative estimate of drug-likeness (QED) is 0.404. The van der Waals surface area contributed by atoms with E-state index in [0.29, 0.717) is 5.56 Å². The summed E-state index contributed by atoms with van der Waals surface area (Å²) in [5.41, 5.74) is -0.255. The zero-order valence-corrected chi connectivity index (χ0v) is 16.5. The number of rotatable bonds is 8. The van der Waals surface area contributed by atoms with Crippen molar-refractivity contribution in [2.75, 3.05) is 0 Å². The Morgan fingerprint density at radius 3 is 2.17 bits per heavy atom. The van der Waals surface area contributed by atoms with Gasteiger partial charge in [-0.1, -0.05) is 18.2 Å². The zero-order chi connectivity index (χ0) is 21.9. The van der Waals surface area contributed by atoms with Crippen molar-refractivity contribution in [2.45, 2.75) is 30.4 Å². The summed E-state index contributed by atoms with van der Waals surface area (Å²) in [4.78, 5) is 15.9. The highest BCUT2D eigenvalue weighted by Crippen LogP contribution is 2.46. The molecule has 0 heterocycles. The number of hydrogen-bond donors (Lipinski definition) is 3. The Balaban J connectivity index is 2.06. The SMILES string of the molecule is O=P(O)(O)C(CCCc1cccc(Oc2cccc(C(F)(F)F)c2)c1)S(=O)(=O)O. The molecule has 7 nitrogen and oxygen atoms in total. The van der Waals surface area contributed by atoms with Gasteiger partial charge in [0.2, 0.25) is 0 Å². The number of aryl methyl sites for hydroxylation is 1. The molecule has 160 valence electrons. The van der Waals surface area contributed by atoms with E-state index in [2.05, 4.69) is 0 Å². The lowest BCUT2D eigenvalue weighted by molar-refractivity contribution is -0.137. The molecule has 12 heteroatoms. The highest BCUT2D eigenvalue weighted by atomic mass is 32.2. The minimum atomic E-state index is -5.05. The second-order valence-corrected chi connectivity index (χ2v) is 9.98. The summed E-state index contributed by atoms with van der Waals surface area (Å²) in [6.45, 7) is 0. The van der Waals surface area contributed by atoms with Crippen molar-refractivity contribution in [1.82, 2.24) is 0 Å². The van der Waals surface area contributed by atoms with Crippen molar-refractivity contribution in [3.63, 3.8) is 0 Å². The summed E-state index contributed by atoms with van der Waals surface area (Å²) < 4.78 is 86.2. The fourth-order valence-corrected chi connectivity index (χ4v) is 4.98. The first-order valence-electron chi connectivity index (χ1n) is 8.22. The number of benzene rings is 2. The lowest BCUT2D eigenvalue weighted by Gasteiger charge is -2.15. The number of alkyl halides is 3. The van der Waals surface area contributed by atoms with Crippen molar-refractivity contribution in [1.29, 1.82) is 0 Å². The standard InChI is InChI=1S/C17H18F3O7PS/c18-17(19,20)13-6-3-8-15(11-13)27-14-7-1-4-12(10-14)5-2-9-16(28(21,22)23)29(24,25)26/h1,3-4,6-8,10-11,16H,2,5,9H2,(H2,21,22,23)(H,24,25,26). The van der Waals surface area contributed by atoms with Crippen LogP contribution in [0.15, 0.2) is 48.5 Å². The first-order valence-corrected chi connectivity index (χ1v) is 11.4. The lowest BCUT2D eigenvalue weighted by atomic mass is 10.1. The molecule has 1 atom stereocenters. The maximum Gasteiger partial charge on any atom is 0.416 e. The molecule has 2 aromatic carbocycles. The van der Waals surface area contributed by atoms with E-state index in [9.17, 15) is 26.2 Å². The topological polar surface area (TPSA) is 121 Å². The van der Waals surface area contributed by atoms with Crippen LogP contribution in [-0.2, 0) is 27.3 Å². The van der Waals surface area contributed by atoms with E-state index < -0.39 is 40.9 Å². The Morgan fingerprint density at radius 1 is 1.03 bits per heavy atom. The van der Waals surface area contributed by atoms with E-state index in [1.165, 1.54) is 24.3 Å². The Bertz CT molecular complexity index is 1000. The second kappa shape index (κ2) is 8.85. The smallest absolute Gasteiger partial charge is 0.416 e. The van der Waals surface area contributed by atoms with Crippen LogP contribution < -0.4 is 4.74 Å². The van der Waals surface area contributed by atoms with Gasteiger partial charge in [0, 0.05) is 0 Å². The van der Waals surface area contributed by atoms with Crippen molar-refractivity contribution in [3.8, 4) is 11.5 Å². The van der Waals surface area contributed by atoms with Crippen LogP contribution in [0.4, 0.5) is 13.2 Å². The van der Waals surface area contributed by atoms with E-state index in [0.717, 1.165) is 12.1 Å². The third-order valence-electron chi connectivity index (χ3n) is 3.93. The molecule has 0 radical (unpaired) electrons. The van der Waals surface area contributed by atoms with Gasteiger partial charge in [-0.3, -0.25) is 9.12 Å². The maximum atomic E-state index is 12.8. The van der Waals surface area contributed by atoms with Crippen LogP contribution in [0.3, 0.4) is 0 Å². The van der Waals surface area contributed by atoms with Crippen LogP contribution in [0, 0.1) is 0 Å². The number of hydrogen-bond acceptors (Lipinski definition) is 4. The molecule has 29 heavy (non-hydrogen) atoms. The van der Waals surface area contributed by atoms with E-state index in [1.54, 1.807) is 12.1 Å². The van der Waals surface area contributed by atoms with Gasteiger partial charge >= 0.3 is 13.8 Å². The normalized spacial score (nSPS) is 13.9. The van der Waals surface area contributed by atoms with E-state index in [4.69, 9.17) is 19.1 Å². The summed E-state index contributed by atoms with van der Waals surface area (Å²) in [6.07, 6.45) is -4.75. The zero-order valence-electron chi connectivity index (χ0n) is 14.8. The van der Waals surface area contributed by atoms with Crippen LogP contribution in [0.2, 0.25) is 0 Å². The van der Waals surface area contributed by atoms with Crippen molar-refractivity contribution in [2.24, 2.45) is 0 Å². The van der Waals surface area contributed by atoms with E-state index in [1.807, 2.05) is 0 Å². The minimum absolute atomic E-state index is 0.0232. The van der Waals surface area contributed by atoms with Gasteiger partial charge in [-0.25, -0.2) is 0 Å². The molecule has 0 bridgehead atoms. The van der Waals surface area contributed by atoms with Gasteiger partial charge in [-0.05, 0) is 55.2 Å².